The number of aromatic nitrogens is 1. The van der Waals surface area contributed by atoms with E-state index >= 15 is 0 Å². The van der Waals surface area contributed by atoms with Crippen molar-refractivity contribution in [2.24, 2.45) is 5.92 Å². The number of hydrogen-bond donors (Lipinski definition) is 1. The predicted octanol–water partition coefficient (Wildman–Crippen LogP) is 5.51. The van der Waals surface area contributed by atoms with Gasteiger partial charge in [0.2, 0.25) is 5.91 Å². The highest BCUT2D eigenvalue weighted by molar-refractivity contribution is 5.92. The summed E-state index contributed by atoms with van der Waals surface area (Å²) in [6, 6.07) is 13.6. The van der Waals surface area contributed by atoms with Gasteiger partial charge in [-0.25, -0.2) is 0 Å². The molecule has 0 saturated carbocycles. The molecule has 1 atom stereocenters. The van der Waals surface area contributed by atoms with E-state index < -0.39 is 17.7 Å². The van der Waals surface area contributed by atoms with E-state index in [1.54, 1.807) is 37.5 Å². The summed E-state index contributed by atoms with van der Waals surface area (Å²) >= 11 is 0. The van der Waals surface area contributed by atoms with Crippen LogP contribution in [-0.2, 0) is 24.0 Å². The van der Waals surface area contributed by atoms with Gasteiger partial charge in [-0.2, -0.15) is 13.2 Å². The van der Waals surface area contributed by atoms with Crippen LogP contribution >= 0.6 is 0 Å². The first-order valence-corrected chi connectivity index (χ1v) is 9.93. The van der Waals surface area contributed by atoms with Crippen molar-refractivity contribution in [1.82, 2.24) is 4.98 Å². The lowest BCUT2D eigenvalue weighted by Crippen LogP contribution is -2.22. The van der Waals surface area contributed by atoms with Gasteiger partial charge in [0.15, 0.2) is 11.5 Å². The van der Waals surface area contributed by atoms with Crippen LogP contribution in [0, 0.1) is 5.92 Å². The Morgan fingerprint density at radius 3 is 2.44 bits per heavy atom. The lowest BCUT2D eigenvalue weighted by atomic mass is 9.99. The number of benzene rings is 2. The van der Waals surface area contributed by atoms with Crippen LogP contribution in [0.3, 0.4) is 0 Å². The lowest BCUT2D eigenvalue weighted by molar-refractivity contribution is -0.137. The summed E-state index contributed by atoms with van der Waals surface area (Å²) in [6.07, 6.45) is -0.704. The van der Waals surface area contributed by atoms with Crippen molar-refractivity contribution in [1.29, 1.82) is 0 Å². The van der Waals surface area contributed by atoms with Crippen LogP contribution in [0.1, 0.15) is 23.6 Å². The number of methoxy groups -OCH3 is 1. The van der Waals surface area contributed by atoms with E-state index in [9.17, 15) is 18.0 Å². The summed E-state index contributed by atoms with van der Waals surface area (Å²) in [5.74, 6) is 0.274. The molecule has 0 aliphatic carbocycles. The first-order valence-electron chi connectivity index (χ1n) is 9.93. The highest BCUT2D eigenvalue weighted by atomic mass is 19.4. The first-order chi connectivity index (χ1) is 15.3. The van der Waals surface area contributed by atoms with Crippen molar-refractivity contribution in [3.8, 4) is 11.5 Å². The van der Waals surface area contributed by atoms with Gasteiger partial charge in [0, 0.05) is 35.6 Å². The van der Waals surface area contributed by atoms with Gasteiger partial charge in [0.25, 0.3) is 0 Å². The molecule has 0 aliphatic heterocycles. The van der Waals surface area contributed by atoms with Gasteiger partial charge in [0.1, 0.15) is 6.61 Å². The molecular weight excluding hydrogens is 421 g/mol. The fourth-order valence-electron chi connectivity index (χ4n) is 3.05. The molecule has 1 aromatic heterocycles. The minimum absolute atomic E-state index is 0.256. The standard InChI is InChI=1S/C24H23F3N2O3/c1-16(12-17-5-7-19(8-6-17)24(25,26)27)23(30)29-20-9-10-21(31-2)22(13-20)32-15-18-4-3-11-28-14-18/h3-11,13-14,16H,12,15H2,1-2H3,(H,29,30). The van der Waals surface area contributed by atoms with Crippen LogP contribution in [-0.4, -0.2) is 18.0 Å². The molecule has 2 aromatic carbocycles. The molecule has 0 radical (unpaired) electrons. The highest BCUT2D eigenvalue weighted by Gasteiger charge is 2.30. The zero-order valence-electron chi connectivity index (χ0n) is 17.6. The number of carbonyl (C=O) groups excluding carboxylic acids is 1. The Hall–Kier alpha value is -3.55. The average Bonchev–Trinajstić information content (AvgIpc) is 2.78. The van der Waals surface area contributed by atoms with E-state index in [2.05, 4.69) is 10.3 Å². The zero-order valence-corrected chi connectivity index (χ0v) is 17.6. The van der Waals surface area contributed by atoms with E-state index in [1.165, 1.54) is 19.2 Å². The maximum atomic E-state index is 12.7. The molecule has 8 heteroatoms. The van der Waals surface area contributed by atoms with E-state index in [0.29, 0.717) is 29.2 Å². The van der Waals surface area contributed by atoms with Crippen LogP contribution in [0.25, 0.3) is 0 Å². The fraction of sp³-hybridized carbons (Fsp3) is 0.250. The van der Waals surface area contributed by atoms with Crippen molar-refractivity contribution in [2.45, 2.75) is 26.1 Å². The Bertz CT molecular complexity index is 1040. The Labute approximate surface area is 184 Å². The zero-order chi connectivity index (χ0) is 23.1. The quantitative estimate of drug-likeness (QED) is 0.498. The number of halogens is 3. The molecular formula is C24H23F3N2O3. The number of nitrogens with zero attached hydrogens (tertiary/aromatic N) is 1. The summed E-state index contributed by atoms with van der Waals surface area (Å²) in [7, 11) is 1.52. The number of rotatable bonds is 8. The molecule has 168 valence electrons. The maximum absolute atomic E-state index is 12.7. The molecule has 0 aliphatic rings. The van der Waals surface area contributed by atoms with Crippen LogP contribution in [0.15, 0.2) is 67.0 Å². The van der Waals surface area contributed by atoms with E-state index in [-0.39, 0.29) is 12.5 Å². The topological polar surface area (TPSA) is 60.5 Å². The molecule has 0 fully saturated rings. The lowest BCUT2D eigenvalue weighted by Gasteiger charge is -2.15. The van der Waals surface area contributed by atoms with Crippen LogP contribution < -0.4 is 14.8 Å². The molecule has 0 bridgehead atoms. The summed E-state index contributed by atoms with van der Waals surface area (Å²) in [6.45, 7) is 2.00. The summed E-state index contributed by atoms with van der Waals surface area (Å²) < 4.78 is 49.3. The Morgan fingerprint density at radius 1 is 1.06 bits per heavy atom. The van der Waals surface area contributed by atoms with Gasteiger partial charge in [0.05, 0.1) is 12.7 Å². The van der Waals surface area contributed by atoms with Gasteiger partial charge < -0.3 is 14.8 Å². The average molecular weight is 444 g/mol. The molecule has 0 spiro atoms. The van der Waals surface area contributed by atoms with Crippen molar-refractivity contribution in [3.63, 3.8) is 0 Å². The number of amides is 1. The van der Waals surface area contributed by atoms with E-state index in [1.807, 2.05) is 12.1 Å². The third-order valence-electron chi connectivity index (χ3n) is 4.82. The molecule has 1 heterocycles. The predicted molar refractivity (Wildman–Crippen MR) is 115 cm³/mol. The monoisotopic (exact) mass is 444 g/mol. The molecule has 3 aromatic rings. The second-order valence-corrected chi connectivity index (χ2v) is 7.30. The normalized spacial score (nSPS) is 12.2. The third kappa shape index (κ3) is 6.23. The van der Waals surface area contributed by atoms with Crippen LogP contribution in [0.2, 0.25) is 0 Å². The van der Waals surface area contributed by atoms with Crippen molar-refractivity contribution < 1.29 is 27.4 Å². The number of pyridine rings is 1. The Morgan fingerprint density at radius 2 is 1.81 bits per heavy atom. The highest BCUT2D eigenvalue weighted by Crippen LogP contribution is 2.32. The minimum Gasteiger partial charge on any atom is -0.493 e. The van der Waals surface area contributed by atoms with E-state index in [4.69, 9.17) is 9.47 Å². The Kier molecular flexibility index (Phi) is 7.35. The fourth-order valence-corrected chi connectivity index (χ4v) is 3.05. The summed E-state index contributed by atoms with van der Waals surface area (Å²) in [5.41, 5.74) is 1.34. The first kappa shape index (κ1) is 23.1. The van der Waals surface area contributed by atoms with Crippen molar-refractivity contribution in [2.75, 3.05) is 12.4 Å². The second-order valence-electron chi connectivity index (χ2n) is 7.30. The molecule has 1 N–H and O–H groups in total. The van der Waals surface area contributed by atoms with Crippen LogP contribution in [0.4, 0.5) is 18.9 Å². The Balaban J connectivity index is 1.63. The third-order valence-corrected chi connectivity index (χ3v) is 4.82. The number of nitrogens with one attached hydrogen (secondary N) is 1. The molecule has 3 rings (SSSR count). The molecule has 0 saturated heterocycles. The number of anilines is 1. The molecule has 5 nitrogen and oxygen atoms in total. The number of ether oxygens (including phenoxy) is 2. The summed E-state index contributed by atoms with van der Waals surface area (Å²) in [5, 5.41) is 2.82. The van der Waals surface area contributed by atoms with Crippen molar-refractivity contribution >= 4 is 11.6 Å². The number of hydrogen-bond acceptors (Lipinski definition) is 4. The number of alkyl halides is 3. The SMILES string of the molecule is COc1ccc(NC(=O)C(C)Cc2ccc(C(F)(F)F)cc2)cc1OCc1cccnc1. The van der Waals surface area contributed by atoms with Gasteiger partial charge in [-0.15, -0.1) is 0 Å². The molecule has 32 heavy (non-hydrogen) atoms. The molecule has 1 unspecified atom stereocenters. The minimum atomic E-state index is -4.38. The van der Waals surface area contributed by atoms with Gasteiger partial charge >= 0.3 is 6.18 Å². The van der Waals surface area contributed by atoms with Gasteiger partial charge in [-0.1, -0.05) is 25.1 Å². The maximum Gasteiger partial charge on any atom is 0.416 e. The second kappa shape index (κ2) is 10.2. The smallest absolute Gasteiger partial charge is 0.416 e. The van der Waals surface area contributed by atoms with Gasteiger partial charge in [-0.05, 0) is 42.3 Å². The van der Waals surface area contributed by atoms with E-state index in [0.717, 1.165) is 17.7 Å². The number of carbonyl (C=O) groups is 1. The van der Waals surface area contributed by atoms with Crippen molar-refractivity contribution in [3.05, 3.63) is 83.7 Å². The van der Waals surface area contributed by atoms with Gasteiger partial charge in [-0.3, -0.25) is 9.78 Å². The molecule has 1 amide bonds. The summed E-state index contributed by atoms with van der Waals surface area (Å²) in [4.78, 5) is 16.7. The largest absolute Gasteiger partial charge is 0.493 e. The van der Waals surface area contributed by atoms with Crippen LogP contribution in [0.5, 0.6) is 11.5 Å².